The summed E-state index contributed by atoms with van der Waals surface area (Å²) < 4.78 is 0. The van der Waals surface area contributed by atoms with Crippen LogP contribution < -0.4 is 11.5 Å². The molecule has 0 radical (unpaired) electrons. The Hall–Kier alpha value is 0.354. The van der Waals surface area contributed by atoms with Crippen molar-refractivity contribution in [1.82, 2.24) is 0 Å². The predicted molar refractivity (Wildman–Crippen MR) is 67.3 cm³/mol. The van der Waals surface area contributed by atoms with E-state index in [9.17, 15) is 0 Å². The Balaban J connectivity index is 5.22. The third kappa shape index (κ3) is 2.23. The van der Waals surface area contributed by atoms with Crippen molar-refractivity contribution in [3.8, 4) is 0 Å². The van der Waals surface area contributed by atoms with Crippen molar-refractivity contribution < 1.29 is 0 Å². The molecule has 0 heterocycles. The lowest BCUT2D eigenvalue weighted by molar-refractivity contribution is 0.600. The first-order valence-electron chi connectivity index (χ1n) is 4.99. The Kier molecular flexibility index (Phi) is 3.59. The quantitative estimate of drug-likeness (QED) is 0.710. The van der Waals surface area contributed by atoms with Gasteiger partial charge in [-0.15, -0.1) is 0 Å². The topological polar surface area (TPSA) is 52.0 Å². The predicted octanol–water partition coefficient (Wildman–Crippen LogP) is 1.79. The van der Waals surface area contributed by atoms with E-state index < -0.39 is 16.1 Å². The fourth-order valence-electron chi connectivity index (χ4n) is 2.49. The fraction of sp³-hybridized carbons (Fsp3) is 1.00. The number of nitrogens with two attached hydrogens (primary N) is 2. The van der Waals surface area contributed by atoms with Gasteiger partial charge in [0.2, 0.25) is 0 Å². The van der Waals surface area contributed by atoms with Crippen molar-refractivity contribution >= 4 is 16.1 Å². The summed E-state index contributed by atoms with van der Waals surface area (Å²) in [6, 6.07) is 0.117. The van der Waals surface area contributed by atoms with Gasteiger partial charge in [0.1, 0.15) is 0 Å². The van der Waals surface area contributed by atoms with Crippen LogP contribution in [0.3, 0.4) is 0 Å². The molecule has 0 amide bonds. The van der Waals surface area contributed by atoms with Crippen molar-refractivity contribution in [2.75, 3.05) is 0 Å². The van der Waals surface area contributed by atoms with Crippen LogP contribution in [-0.2, 0) is 0 Å². The number of hydrogen-bond acceptors (Lipinski definition) is 2. The van der Waals surface area contributed by atoms with Gasteiger partial charge in [-0.05, 0) is 6.92 Å². The summed E-state index contributed by atoms with van der Waals surface area (Å²) in [5, 5.41) is 0. The summed E-state index contributed by atoms with van der Waals surface area (Å²) in [6.07, 6.45) is 0. The van der Waals surface area contributed by atoms with E-state index in [4.69, 9.17) is 11.5 Å². The summed E-state index contributed by atoms with van der Waals surface area (Å²) >= 11 is 0. The van der Waals surface area contributed by atoms with Crippen LogP contribution in [0.2, 0.25) is 39.3 Å². The molecule has 1 unspecified atom stereocenters. The molecule has 0 rings (SSSR count). The van der Waals surface area contributed by atoms with Crippen molar-refractivity contribution in [3.05, 3.63) is 0 Å². The Bertz CT molecular complexity index is 163. The Morgan fingerprint density at radius 2 is 1.15 bits per heavy atom. The van der Waals surface area contributed by atoms with E-state index in [1.807, 2.05) is 0 Å². The summed E-state index contributed by atoms with van der Waals surface area (Å²) in [4.78, 5) is -0.0694. The van der Waals surface area contributed by atoms with E-state index in [0.29, 0.717) is 0 Å². The minimum atomic E-state index is -1.39. The minimum absolute atomic E-state index is 0.0694. The van der Waals surface area contributed by atoms with Crippen LogP contribution in [0.5, 0.6) is 0 Å². The lowest BCUT2D eigenvalue weighted by Crippen LogP contribution is -2.79. The first-order valence-corrected chi connectivity index (χ1v) is 12.0. The zero-order chi connectivity index (χ0) is 11.1. The molecule has 0 spiro atoms. The second kappa shape index (κ2) is 3.49. The molecule has 4 heteroatoms. The summed E-state index contributed by atoms with van der Waals surface area (Å²) in [7, 11) is -2.79. The van der Waals surface area contributed by atoms with Gasteiger partial charge in [0.15, 0.2) is 0 Å². The summed E-state index contributed by atoms with van der Waals surface area (Å²) in [5.41, 5.74) is 12.7. The number of rotatable bonds is 3. The Morgan fingerprint density at radius 3 is 1.15 bits per heavy atom. The van der Waals surface area contributed by atoms with Crippen LogP contribution in [0.4, 0.5) is 0 Å². The van der Waals surface area contributed by atoms with E-state index in [-0.39, 0.29) is 10.8 Å². The van der Waals surface area contributed by atoms with Crippen LogP contribution in [0.1, 0.15) is 6.92 Å². The molecule has 13 heavy (non-hydrogen) atoms. The maximum absolute atomic E-state index is 6.59. The molecule has 4 N–H and O–H groups in total. The second-order valence-electron chi connectivity index (χ2n) is 6.16. The molecule has 80 valence electrons. The molecule has 0 aromatic carbocycles. The molecule has 0 aliphatic rings. The summed E-state index contributed by atoms with van der Waals surface area (Å²) in [5.74, 6) is 0. The normalized spacial score (nSPS) is 17.3. The maximum atomic E-state index is 6.59. The molecule has 0 aliphatic heterocycles. The zero-order valence-electron chi connectivity index (χ0n) is 10.2. The highest BCUT2D eigenvalue weighted by atomic mass is 28.4. The largest absolute Gasteiger partial charge is 0.329 e. The third-order valence-corrected chi connectivity index (χ3v) is 13.6. The zero-order valence-corrected chi connectivity index (χ0v) is 12.2. The summed E-state index contributed by atoms with van der Waals surface area (Å²) in [6.45, 7) is 16.0. The smallest absolute Gasteiger partial charge is 0.0654 e. The molecule has 1 atom stereocenters. The van der Waals surface area contributed by atoms with Crippen LogP contribution >= 0.6 is 0 Å². The highest BCUT2D eigenvalue weighted by molar-refractivity contribution is 6.99. The third-order valence-electron chi connectivity index (χ3n) is 3.20. The molecule has 0 fully saturated rings. The first-order chi connectivity index (χ1) is 5.44. The van der Waals surface area contributed by atoms with Crippen LogP contribution in [0.15, 0.2) is 0 Å². The van der Waals surface area contributed by atoms with Crippen LogP contribution in [-0.4, -0.2) is 27.0 Å². The van der Waals surface area contributed by atoms with Gasteiger partial charge in [-0.25, -0.2) is 0 Å². The van der Waals surface area contributed by atoms with Gasteiger partial charge in [0.05, 0.1) is 16.1 Å². The molecule has 2 nitrogen and oxygen atoms in total. The average molecular weight is 218 g/mol. The van der Waals surface area contributed by atoms with Crippen molar-refractivity contribution in [2.45, 2.75) is 57.0 Å². The maximum Gasteiger partial charge on any atom is 0.0654 e. The highest BCUT2D eigenvalue weighted by Gasteiger charge is 2.51. The van der Waals surface area contributed by atoms with Gasteiger partial charge in [-0.3, -0.25) is 0 Å². The van der Waals surface area contributed by atoms with Gasteiger partial charge in [-0.1, -0.05) is 39.3 Å². The van der Waals surface area contributed by atoms with Crippen LogP contribution in [0.25, 0.3) is 0 Å². The Labute approximate surface area is 85.1 Å². The SMILES string of the molecule is CC(N)C(N)([Si](C)(C)C)[Si](C)(C)C. The monoisotopic (exact) mass is 218 g/mol. The average Bonchev–Trinajstić information content (AvgIpc) is 1.80. The molecule has 0 aromatic rings. The van der Waals surface area contributed by atoms with Crippen LogP contribution in [0, 0.1) is 0 Å². The van der Waals surface area contributed by atoms with Gasteiger partial charge in [0.25, 0.3) is 0 Å². The van der Waals surface area contributed by atoms with Gasteiger partial charge >= 0.3 is 0 Å². The van der Waals surface area contributed by atoms with E-state index in [1.54, 1.807) is 0 Å². The Morgan fingerprint density at radius 1 is 0.923 bits per heavy atom. The molecule has 0 aliphatic carbocycles. The van der Waals surface area contributed by atoms with Gasteiger partial charge in [-0.2, -0.15) is 0 Å². The lowest BCUT2D eigenvalue weighted by Gasteiger charge is -2.51. The fourth-order valence-corrected chi connectivity index (χ4v) is 14.2. The van der Waals surface area contributed by atoms with Gasteiger partial charge < -0.3 is 11.5 Å². The van der Waals surface area contributed by atoms with E-state index >= 15 is 0 Å². The molecular weight excluding hydrogens is 192 g/mol. The van der Waals surface area contributed by atoms with Crippen molar-refractivity contribution in [3.63, 3.8) is 0 Å². The molecule has 0 saturated heterocycles. The molecule has 0 bridgehead atoms. The molecular formula is C9H26N2Si2. The molecule has 0 saturated carbocycles. The van der Waals surface area contributed by atoms with Crippen molar-refractivity contribution in [1.29, 1.82) is 0 Å². The number of hydrogen-bond donors (Lipinski definition) is 2. The second-order valence-corrected chi connectivity index (χ2v) is 17.3. The standard InChI is InChI=1S/C9H26N2Si2/c1-8(10)9(11,12(2,3)4)13(5,6)7/h8H,10-11H2,1-7H3. The van der Waals surface area contributed by atoms with E-state index in [2.05, 4.69) is 46.2 Å². The minimum Gasteiger partial charge on any atom is -0.329 e. The highest BCUT2D eigenvalue weighted by Crippen LogP contribution is 2.30. The van der Waals surface area contributed by atoms with Gasteiger partial charge in [0, 0.05) is 10.8 Å². The molecule has 0 aromatic heterocycles. The van der Waals surface area contributed by atoms with Crippen molar-refractivity contribution in [2.24, 2.45) is 11.5 Å². The first kappa shape index (κ1) is 13.4. The van der Waals surface area contributed by atoms with E-state index in [1.165, 1.54) is 0 Å². The lowest BCUT2D eigenvalue weighted by atomic mass is 10.3. The van der Waals surface area contributed by atoms with E-state index in [0.717, 1.165) is 0 Å².